The maximum absolute atomic E-state index is 10.6. The van der Waals surface area contributed by atoms with Gasteiger partial charge in [0.25, 0.3) is 0 Å². The van der Waals surface area contributed by atoms with Crippen molar-refractivity contribution in [2.75, 3.05) is 35.0 Å². The first-order chi connectivity index (χ1) is 15.5. The Kier molecular flexibility index (Phi) is 8.42. The highest BCUT2D eigenvalue weighted by Crippen LogP contribution is 2.45. The Bertz CT molecular complexity index is 909. The van der Waals surface area contributed by atoms with E-state index in [1.54, 1.807) is 28.4 Å². The molecule has 1 fully saturated rings. The molecule has 6 heteroatoms. The van der Waals surface area contributed by atoms with Crippen LogP contribution in [0.4, 0.5) is 0 Å². The molecule has 1 heterocycles. The molecular weight excluding hydrogens is 408 g/mol. The van der Waals surface area contributed by atoms with E-state index in [0.717, 1.165) is 17.5 Å². The van der Waals surface area contributed by atoms with E-state index in [-0.39, 0.29) is 17.9 Å². The SMILES string of the molecule is CC=CC(O)C[C@@H]1[C@@H](Cc2ccc(OC)c(OC)c2)CO[C@@H]1c1ccc(OC)c(OC)c1. The van der Waals surface area contributed by atoms with Gasteiger partial charge in [0.05, 0.1) is 47.3 Å². The lowest BCUT2D eigenvalue weighted by Gasteiger charge is -2.25. The highest BCUT2D eigenvalue weighted by molar-refractivity contribution is 5.44. The fourth-order valence-corrected chi connectivity index (χ4v) is 4.51. The quantitative estimate of drug-likeness (QED) is 0.543. The van der Waals surface area contributed by atoms with Crippen molar-refractivity contribution in [3.05, 3.63) is 59.7 Å². The molecule has 4 atom stereocenters. The van der Waals surface area contributed by atoms with Gasteiger partial charge in [-0.05, 0) is 67.0 Å². The molecule has 1 N–H and O–H groups in total. The second kappa shape index (κ2) is 11.2. The van der Waals surface area contributed by atoms with E-state index >= 15 is 0 Å². The molecule has 0 amide bonds. The van der Waals surface area contributed by atoms with Crippen LogP contribution >= 0.6 is 0 Å². The minimum absolute atomic E-state index is 0.132. The first-order valence-corrected chi connectivity index (χ1v) is 10.9. The van der Waals surface area contributed by atoms with E-state index in [9.17, 15) is 5.11 Å². The van der Waals surface area contributed by atoms with Crippen molar-refractivity contribution in [2.24, 2.45) is 11.8 Å². The average molecular weight is 443 g/mol. The minimum Gasteiger partial charge on any atom is -0.493 e. The zero-order chi connectivity index (χ0) is 23.1. The molecule has 0 aromatic heterocycles. The standard InChI is InChI=1S/C26H34O6/c1-6-7-20(27)15-21-19(12-17-8-10-22(28-2)24(13-17)30-4)16-32-26(21)18-9-11-23(29-3)25(14-18)31-5/h6-11,13-14,19-21,26-27H,12,15-16H2,1-5H3/t19-,20?,21+,26+/m0/s1. The second-order valence-electron chi connectivity index (χ2n) is 8.01. The number of ether oxygens (including phenoxy) is 5. The smallest absolute Gasteiger partial charge is 0.161 e. The van der Waals surface area contributed by atoms with Crippen molar-refractivity contribution < 1.29 is 28.8 Å². The first-order valence-electron chi connectivity index (χ1n) is 10.9. The van der Waals surface area contributed by atoms with Gasteiger partial charge in [-0.15, -0.1) is 0 Å². The van der Waals surface area contributed by atoms with Gasteiger partial charge in [-0.1, -0.05) is 24.3 Å². The predicted octanol–water partition coefficient (Wildman–Crippen LogP) is 4.59. The zero-order valence-corrected chi connectivity index (χ0v) is 19.5. The minimum atomic E-state index is -0.526. The molecule has 3 rings (SSSR count). The molecule has 0 radical (unpaired) electrons. The Balaban J connectivity index is 1.88. The molecule has 1 aliphatic rings. The summed E-state index contributed by atoms with van der Waals surface area (Å²) in [7, 11) is 6.53. The lowest BCUT2D eigenvalue weighted by atomic mass is 9.80. The lowest BCUT2D eigenvalue weighted by Crippen LogP contribution is -2.22. The summed E-state index contributed by atoms with van der Waals surface area (Å²) in [5.41, 5.74) is 2.17. The molecule has 0 bridgehead atoms. The van der Waals surface area contributed by atoms with Gasteiger partial charge in [0.1, 0.15) is 0 Å². The van der Waals surface area contributed by atoms with Crippen LogP contribution in [0, 0.1) is 11.8 Å². The van der Waals surface area contributed by atoms with Crippen molar-refractivity contribution in [1.29, 1.82) is 0 Å². The summed E-state index contributed by atoms with van der Waals surface area (Å²) in [6.45, 7) is 2.53. The van der Waals surface area contributed by atoms with Crippen molar-refractivity contribution in [3.8, 4) is 23.0 Å². The Morgan fingerprint density at radius 1 is 0.938 bits per heavy atom. The van der Waals surface area contributed by atoms with E-state index in [2.05, 4.69) is 6.07 Å². The van der Waals surface area contributed by atoms with Gasteiger partial charge >= 0.3 is 0 Å². The zero-order valence-electron chi connectivity index (χ0n) is 19.5. The number of rotatable bonds is 10. The van der Waals surface area contributed by atoms with Crippen LogP contribution in [0.5, 0.6) is 23.0 Å². The van der Waals surface area contributed by atoms with Gasteiger partial charge in [0.15, 0.2) is 23.0 Å². The van der Waals surface area contributed by atoms with E-state index in [1.165, 1.54) is 0 Å². The van der Waals surface area contributed by atoms with Gasteiger partial charge in [-0.2, -0.15) is 0 Å². The Hall–Kier alpha value is -2.70. The summed E-state index contributed by atoms with van der Waals surface area (Å²) in [5.74, 6) is 3.15. The molecule has 32 heavy (non-hydrogen) atoms. The molecule has 1 unspecified atom stereocenters. The van der Waals surface area contributed by atoms with Crippen LogP contribution in [0.3, 0.4) is 0 Å². The third-order valence-corrected chi connectivity index (χ3v) is 6.09. The van der Waals surface area contributed by atoms with Crippen LogP contribution < -0.4 is 18.9 Å². The first kappa shape index (κ1) is 24.0. The summed E-state index contributed by atoms with van der Waals surface area (Å²) in [6, 6.07) is 11.9. The fraction of sp³-hybridized carbons (Fsp3) is 0.462. The van der Waals surface area contributed by atoms with Gasteiger partial charge in [0.2, 0.25) is 0 Å². The normalized spacial score (nSPS) is 21.5. The number of methoxy groups -OCH3 is 4. The lowest BCUT2D eigenvalue weighted by molar-refractivity contribution is 0.0758. The monoisotopic (exact) mass is 442 g/mol. The van der Waals surface area contributed by atoms with Crippen LogP contribution in [0.15, 0.2) is 48.6 Å². The summed E-state index contributed by atoms with van der Waals surface area (Å²) < 4.78 is 28.0. The van der Waals surface area contributed by atoms with Crippen LogP contribution in [0.2, 0.25) is 0 Å². The third kappa shape index (κ3) is 5.37. The molecule has 1 saturated heterocycles. The molecule has 1 aliphatic heterocycles. The second-order valence-corrected chi connectivity index (χ2v) is 8.01. The van der Waals surface area contributed by atoms with Crippen LogP contribution in [0.1, 0.15) is 30.6 Å². The average Bonchev–Trinajstić information content (AvgIpc) is 3.20. The van der Waals surface area contributed by atoms with E-state index < -0.39 is 6.10 Å². The molecule has 2 aromatic carbocycles. The van der Waals surface area contributed by atoms with Crippen LogP contribution in [0.25, 0.3) is 0 Å². The van der Waals surface area contributed by atoms with Crippen molar-refractivity contribution >= 4 is 0 Å². The molecule has 0 aliphatic carbocycles. The molecule has 2 aromatic rings. The van der Waals surface area contributed by atoms with Crippen LogP contribution in [-0.2, 0) is 11.2 Å². The van der Waals surface area contributed by atoms with Crippen molar-refractivity contribution in [2.45, 2.75) is 32.0 Å². The molecule has 0 spiro atoms. The molecule has 6 nitrogen and oxygen atoms in total. The summed E-state index contributed by atoms with van der Waals surface area (Å²) in [4.78, 5) is 0. The van der Waals surface area contributed by atoms with Gasteiger partial charge in [-0.3, -0.25) is 0 Å². The van der Waals surface area contributed by atoms with Crippen LogP contribution in [-0.4, -0.2) is 46.3 Å². The highest BCUT2D eigenvalue weighted by atomic mass is 16.5. The topological polar surface area (TPSA) is 66.4 Å². The molecular formula is C26H34O6. The largest absolute Gasteiger partial charge is 0.493 e. The van der Waals surface area contributed by atoms with E-state index in [0.29, 0.717) is 36.0 Å². The summed E-state index contributed by atoms with van der Waals surface area (Å²) in [5, 5.41) is 10.6. The fourth-order valence-electron chi connectivity index (χ4n) is 4.51. The Labute approximate surface area is 190 Å². The van der Waals surface area contributed by atoms with E-state index in [4.69, 9.17) is 23.7 Å². The maximum atomic E-state index is 10.6. The number of benzene rings is 2. The summed E-state index contributed by atoms with van der Waals surface area (Å²) >= 11 is 0. The van der Waals surface area contributed by atoms with Crippen molar-refractivity contribution in [1.82, 2.24) is 0 Å². The van der Waals surface area contributed by atoms with E-state index in [1.807, 2.05) is 49.4 Å². The Morgan fingerprint density at radius 3 is 2.19 bits per heavy atom. The maximum Gasteiger partial charge on any atom is 0.161 e. The van der Waals surface area contributed by atoms with Gasteiger partial charge in [0, 0.05) is 0 Å². The van der Waals surface area contributed by atoms with Gasteiger partial charge < -0.3 is 28.8 Å². The number of aliphatic hydroxyl groups is 1. The number of hydrogen-bond donors (Lipinski definition) is 1. The third-order valence-electron chi connectivity index (χ3n) is 6.09. The molecule has 0 saturated carbocycles. The van der Waals surface area contributed by atoms with Gasteiger partial charge in [-0.25, -0.2) is 0 Å². The predicted molar refractivity (Wildman–Crippen MR) is 124 cm³/mol. The highest BCUT2D eigenvalue weighted by Gasteiger charge is 2.39. The summed E-state index contributed by atoms with van der Waals surface area (Å²) in [6.07, 6.45) is 4.48. The number of hydrogen-bond acceptors (Lipinski definition) is 6. The molecule has 174 valence electrons. The Morgan fingerprint density at radius 2 is 1.56 bits per heavy atom. The number of allylic oxidation sites excluding steroid dienone is 1. The van der Waals surface area contributed by atoms with Crippen molar-refractivity contribution in [3.63, 3.8) is 0 Å². The number of aliphatic hydroxyl groups excluding tert-OH is 1.